The largest absolute Gasteiger partial charge is 0.453 e. The van der Waals surface area contributed by atoms with Gasteiger partial charge in [-0.05, 0) is 30.7 Å². The zero-order valence-electron chi connectivity index (χ0n) is 11.4. The highest BCUT2D eigenvalue weighted by Crippen LogP contribution is 2.27. The van der Waals surface area contributed by atoms with Gasteiger partial charge in [-0.2, -0.15) is 17.7 Å². The molecule has 0 aliphatic rings. The summed E-state index contributed by atoms with van der Waals surface area (Å²) >= 11 is 0. The molecule has 1 atom stereocenters. The van der Waals surface area contributed by atoms with Gasteiger partial charge in [0.15, 0.2) is 5.65 Å². The minimum absolute atomic E-state index is 0.0342. The molecule has 3 aromatic rings. The summed E-state index contributed by atoms with van der Waals surface area (Å²) in [6.45, 7) is 1.86. The molecule has 0 saturated carbocycles. The average Bonchev–Trinajstić information content (AvgIpc) is 2.91. The van der Waals surface area contributed by atoms with Crippen LogP contribution >= 0.6 is 0 Å². The second-order valence-electron chi connectivity index (χ2n) is 4.66. The van der Waals surface area contributed by atoms with Gasteiger partial charge in [-0.3, -0.25) is 4.98 Å². The van der Waals surface area contributed by atoms with Crippen molar-refractivity contribution in [2.45, 2.75) is 19.1 Å². The van der Waals surface area contributed by atoms with Crippen molar-refractivity contribution in [3.63, 3.8) is 0 Å². The van der Waals surface area contributed by atoms with Crippen molar-refractivity contribution >= 4 is 11.5 Å². The van der Waals surface area contributed by atoms with Crippen molar-refractivity contribution in [1.29, 1.82) is 0 Å². The molecule has 114 valence electrons. The summed E-state index contributed by atoms with van der Waals surface area (Å²) in [7, 11) is 0. The molecule has 0 aromatic carbocycles. The highest BCUT2D eigenvalue weighted by molar-refractivity contribution is 5.45. The topological polar surface area (TPSA) is 68.0 Å². The third kappa shape index (κ3) is 2.69. The molecular formula is C13H11F3N6. The number of fused-ring (bicyclic) bond motifs is 1. The molecule has 9 heteroatoms. The van der Waals surface area contributed by atoms with Gasteiger partial charge in [-0.25, -0.2) is 0 Å². The number of nitrogens with zero attached hydrogens (tertiary/aromatic N) is 5. The van der Waals surface area contributed by atoms with Crippen LogP contribution in [0.25, 0.3) is 5.65 Å². The maximum atomic E-state index is 12.8. The zero-order valence-corrected chi connectivity index (χ0v) is 11.4. The van der Waals surface area contributed by atoms with Crippen molar-refractivity contribution in [1.82, 2.24) is 24.8 Å². The van der Waals surface area contributed by atoms with Crippen molar-refractivity contribution in [3.8, 4) is 0 Å². The summed E-state index contributed by atoms with van der Waals surface area (Å²) in [5, 5.41) is 13.5. The van der Waals surface area contributed by atoms with Crippen molar-refractivity contribution in [2.75, 3.05) is 5.32 Å². The molecule has 6 nitrogen and oxygen atoms in total. The SMILES string of the molecule is CC(Nc1ccc2nnc(C(F)(F)F)n2n1)c1cccnc1. The molecule has 0 fully saturated rings. The lowest BCUT2D eigenvalue weighted by molar-refractivity contribution is -0.146. The van der Waals surface area contributed by atoms with Crippen molar-refractivity contribution in [3.05, 3.63) is 48.0 Å². The fourth-order valence-electron chi connectivity index (χ4n) is 1.98. The first-order valence-corrected chi connectivity index (χ1v) is 6.41. The number of rotatable bonds is 3. The molecule has 0 radical (unpaired) electrons. The van der Waals surface area contributed by atoms with Gasteiger partial charge >= 0.3 is 6.18 Å². The third-order valence-electron chi connectivity index (χ3n) is 3.07. The Morgan fingerprint density at radius 1 is 1.18 bits per heavy atom. The minimum Gasteiger partial charge on any atom is -0.362 e. The molecule has 3 aromatic heterocycles. The van der Waals surface area contributed by atoms with Crippen LogP contribution in [0.4, 0.5) is 19.0 Å². The van der Waals surface area contributed by atoms with E-state index in [4.69, 9.17) is 0 Å². The van der Waals surface area contributed by atoms with Gasteiger partial charge in [-0.15, -0.1) is 15.3 Å². The van der Waals surface area contributed by atoms with E-state index in [0.29, 0.717) is 4.52 Å². The van der Waals surface area contributed by atoms with Crippen LogP contribution in [-0.4, -0.2) is 24.8 Å². The number of pyridine rings is 1. The molecule has 0 bridgehead atoms. The van der Waals surface area contributed by atoms with E-state index < -0.39 is 12.0 Å². The quantitative estimate of drug-likeness (QED) is 0.806. The minimum atomic E-state index is -4.61. The van der Waals surface area contributed by atoms with E-state index in [2.05, 4.69) is 25.6 Å². The number of nitrogens with one attached hydrogen (secondary N) is 1. The molecule has 0 aliphatic heterocycles. The summed E-state index contributed by atoms with van der Waals surface area (Å²) in [5.41, 5.74) is 0.927. The summed E-state index contributed by atoms with van der Waals surface area (Å²) in [5.74, 6) is -0.866. The van der Waals surface area contributed by atoms with Crippen LogP contribution in [0.1, 0.15) is 24.4 Å². The highest BCUT2D eigenvalue weighted by Gasteiger charge is 2.37. The Labute approximate surface area is 123 Å². The van der Waals surface area contributed by atoms with E-state index in [1.165, 1.54) is 6.07 Å². The van der Waals surface area contributed by atoms with E-state index >= 15 is 0 Å². The first kappa shape index (κ1) is 14.2. The molecule has 3 heterocycles. The Bertz CT molecular complexity index is 783. The fraction of sp³-hybridized carbons (Fsp3) is 0.231. The van der Waals surface area contributed by atoms with Crippen LogP contribution in [0, 0.1) is 0 Å². The second-order valence-corrected chi connectivity index (χ2v) is 4.66. The van der Waals surface area contributed by atoms with E-state index in [9.17, 15) is 13.2 Å². The summed E-state index contributed by atoms with van der Waals surface area (Å²) in [6.07, 6.45) is -1.29. The lowest BCUT2D eigenvalue weighted by atomic mass is 10.1. The third-order valence-corrected chi connectivity index (χ3v) is 3.07. The lowest BCUT2D eigenvalue weighted by Gasteiger charge is -2.14. The first-order chi connectivity index (χ1) is 10.4. The van der Waals surface area contributed by atoms with Gasteiger partial charge in [0, 0.05) is 12.4 Å². The van der Waals surface area contributed by atoms with Crippen LogP contribution in [0.15, 0.2) is 36.7 Å². The monoisotopic (exact) mass is 308 g/mol. The van der Waals surface area contributed by atoms with E-state index in [1.54, 1.807) is 24.5 Å². The van der Waals surface area contributed by atoms with Crippen molar-refractivity contribution in [2.24, 2.45) is 0 Å². The number of alkyl halides is 3. The number of anilines is 1. The molecule has 22 heavy (non-hydrogen) atoms. The molecule has 1 N–H and O–H groups in total. The van der Waals surface area contributed by atoms with Crippen LogP contribution in [0.5, 0.6) is 0 Å². The summed E-state index contributed by atoms with van der Waals surface area (Å²) in [4.78, 5) is 4.00. The molecular weight excluding hydrogens is 297 g/mol. The summed E-state index contributed by atoms with van der Waals surface area (Å²) in [6, 6.07) is 6.46. The van der Waals surface area contributed by atoms with Gasteiger partial charge in [-0.1, -0.05) is 6.07 Å². The average molecular weight is 308 g/mol. The smallest absolute Gasteiger partial charge is 0.362 e. The molecule has 1 unspecified atom stereocenters. The number of halogens is 3. The zero-order chi connectivity index (χ0) is 15.7. The molecule has 3 rings (SSSR count). The van der Waals surface area contributed by atoms with Crippen molar-refractivity contribution < 1.29 is 13.2 Å². The van der Waals surface area contributed by atoms with Crippen LogP contribution in [0.3, 0.4) is 0 Å². The molecule has 0 amide bonds. The Morgan fingerprint density at radius 2 is 2.00 bits per heavy atom. The number of hydrogen-bond acceptors (Lipinski definition) is 5. The van der Waals surface area contributed by atoms with Crippen LogP contribution < -0.4 is 5.32 Å². The molecule has 0 aliphatic carbocycles. The van der Waals surface area contributed by atoms with Gasteiger partial charge < -0.3 is 5.32 Å². The Balaban J connectivity index is 1.92. The summed E-state index contributed by atoms with van der Waals surface area (Å²) < 4.78 is 39.1. The number of hydrogen-bond donors (Lipinski definition) is 1. The lowest BCUT2D eigenvalue weighted by Crippen LogP contribution is -2.14. The van der Waals surface area contributed by atoms with E-state index in [0.717, 1.165) is 5.56 Å². The van der Waals surface area contributed by atoms with Gasteiger partial charge in [0.25, 0.3) is 5.82 Å². The molecule has 0 saturated heterocycles. The Kier molecular flexibility index (Phi) is 3.39. The van der Waals surface area contributed by atoms with Gasteiger partial charge in [0.2, 0.25) is 0 Å². The van der Waals surface area contributed by atoms with E-state index in [-0.39, 0.29) is 17.5 Å². The van der Waals surface area contributed by atoms with Gasteiger partial charge in [0.05, 0.1) is 6.04 Å². The van der Waals surface area contributed by atoms with E-state index in [1.807, 2.05) is 13.0 Å². The highest BCUT2D eigenvalue weighted by atomic mass is 19.4. The Hall–Kier alpha value is -2.71. The molecule has 0 spiro atoms. The maximum Gasteiger partial charge on any atom is 0.453 e. The number of aromatic nitrogens is 5. The Morgan fingerprint density at radius 3 is 2.68 bits per heavy atom. The predicted molar refractivity (Wildman–Crippen MR) is 72.1 cm³/mol. The first-order valence-electron chi connectivity index (χ1n) is 6.41. The normalized spacial score (nSPS) is 13.3. The second kappa shape index (κ2) is 5.24. The standard InChI is InChI=1S/C13H11F3N6/c1-8(9-3-2-6-17-7-9)18-10-4-5-11-19-20-12(13(14,15)16)22(11)21-10/h2-8H,1H3,(H,18,21). The maximum absolute atomic E-state index is 12.8. The fourth-order valence-corrected chi connectivity index (χ4v) is 1.98. The van der Waals surface area contributed by atoms with Crippen LogP contribution in [0.2, 0.25) is 0 Å². The predicted octanol–water partition coefficient (Wildman–Crippen LogP) is 2.71. The van der Waals surface area contributed by atoms with Crippen LogP contribution in [-0.2, 0) is 6.18 Å². The van der Waals surface area contributed by atoms with Gasteiger partial charge in [0.1, 0.15) is 5.82 Å².